The monoisotopic (exact) mass is 367 g/mol. The maximum atomic E-state index is 13.3. The number of benzene rings is 1. The number of pyridine rings is 1. The molecule has 1 aromatic heterocycles. The number of carbonyl (C=O) groups excluding carboxylic acids is 1. The summed E-state index contributed by atoms with van der Waals surface area (Å²) in [5, 5.41) is 1.05. The Morgan fingerprint density at radius 2 is 1.85 bits per heavy atom. The van der Waals surface area contributed by atoms with E-state index in [1.54, 1.807) is 0 Å². The van der Waals surface area contributed by atoms with Gasteiger partial charge in [-0.05, 0) is 76.6 Å². The highest BCUT2D eigenvalue weighted by atomic mass is 16.2. The number of hydrogen-bond donors (Lipinski definition) is 1. The van der Waals surface area contributed by atoms with Crippen molar-refractivity contribution in [3.05, 3.63) is 45.7 Å². The molecule has 1 unspecified atom stereocenters. The van der Waals surface area contributed by atoms with Gasteiger partial charge in [-0.15, -0.1) is 0 Å². The summed E-state index contributed by atoms with van der Waals surface area (Å²) in [5.41, 5.74) is 2.33. The summed E-state index contributed by atoms with van der Waals surface area (Å²) in [6.07, 6.45) is 3.86. The Morgan fingerprint density at radius 1 is 1.11 bits per heavy atom. The van der Waals surface area contributed by atoms with Gasteiger partial charge in [-0.25, -0.2) is 0 Å². The van der Waals surface area contributed by atoms with E-state index in [0.29, 0.717) is 6.54 Å². The first-order valence-electron chi connectivity index (χ1n) is 10.1. The molecule has 144 valence electrons. The molecule has 1 amide bonds. The fourth-order valence-corrected chi connectivity index (χ4v) is 4.89. The molecule has 27 heavy (non-hydrogen) atoms. The molecule has 2 saturated heterocycles. The number of H-pyrrole nitrogens is 1. The minimum Gasteiger partial charge on any atom is -0.339 e. The Morgan fingerprint density at radius 3 is 2.59 bits per heavy atom. The van der Waals surface area contributed by atoms with Gasteiger partial charge in [-0.2, -0.15) is 0 Å². The third-order valence-electron chi connectivity index (χ3n) is 6.33. The van der Waals surface area contributed by atoms with E-state index in [1.807, 2.05) is 23.1 Å². The van der Waals surface area contributed by atoms with Gasteiger partial charge >= 0.3 is 0 Å². The average molecular weight is 367 g/mol. The largest absolute Gasteiger partial charge is 0.339 e. The molecule has 5 heteroatoms. The molecule has 2 fully saturated rings. The van der Waals surface area contributed by atoms with Crippen LogP contribution >= 0.6 is 0 Å². The summed E-state index contributed by atoms with van der Waals surface area (Å²) in [4.78, 5) is 33.3. The number of rotatable bonds is 3. The highest BCUT2D eigenvalue weighted by Crippen LogP contribution is 2.39. The third-order valence-corrected chi connectivity index (χ3v) is 6.33. The van der Waals surface area contributed by atoms with Gasteiger partial charge in [0.2, 0.25) is 5.91 Å². The lowest BCUT2D eigenvalue weighted by Gasteiger charge is -2.46. The Bertz CT molecular complexity index is 933. The zero-order valence-corrected chi connectivity index (χ0v) is 16.5. The van der Waals surface area contributed by atoms with Crippen LogP contribution in [0.3, 0.4) is 0 Å². The van der Waals surface area contributed by atoms with Crippen LogP contribution in [-0.4, -0.2) is 45.4 Å². The lowest BCUT2D eigenvalue weighted by Crippen LogP contribution is -2.61. The van der Waals surface area contributed by atoms with Crippen molar-refractivity contribution in [1.82, 2.24) is 14.8 Å². The van der Waals surface area contributed by atoms with Crippen molar-refractivity contribution in [1.29, 1.82) is 0 Å². The minimum atomic E-state index is -0.420. The van der Waals surface area contributed by atoms with Crippen molar-refractivity contribution in [2.45, 2.75) is 64.6 Å². The van der Waals surface area contributed by atoms with Crippen LogP contribution in [0, 0.1) is 6.92 Å². The molecule has 2 aliphatic rings. The van der Waals surface area contributed by atoms with E-state index in [4.69, 9.17) is 0 Å². The average Bonchev–Trinajstić information content (AvgIpc) is 3.01. The van der Waals surface area contributed by atoms with Crippen LogP contribution in [0.15, 0.2) is 29.1 Å². The van der Waals surface area contributed by atoms with Gasteiger partial charge in [0, 0.05) is 30.2 Å². The zero-order chi connectivity index (χ0) is 19.2. The minimum absolute atomic E-state index is 0.0441. The Balaban J connectivity index is 1.67. The van der Waals surface area contributed by atoms with Crippen LogP contribution in [0.1, 0.15) is 50.7 Å². The van der Waals surface area contributed by atoms with E-state index in [1.165, 1.54) is 5.56 Å². The van der Waals surface area contributed by atoms with Gasteiger partial charge in [0.05, 0.1) is 0 Å². The van der Waals surface area contributed by atoms with Gasteiger partial charge in [-0.3, -0.25) is 14.5 Å². The summed E-state index contributed by atoms with van der Waals surface area (Å²) in [7, 11) is 0. The number of aryl methyl sites for hydroxylation is 1. The van der Waals surface area contributed by atoms with Crippen molar-refractivity contribution >= 4 is 16.8 Å². The number of nitrogens with one attached hydrogen (secondary N) is 1. The molecule has 1 N–H and O–H groups in total. The molecular weight excluding hydrogens is 338 g/mol. The first-order valence-corrected chi connectivity index (χ1v) is 10.1. The molecule has 0 bridgehead atoms. The molecule has 1 atom stereocenters. The topological polar surface area (TPSA) is 56.4 Å². The second kappa shape index (κ2) is 6.79. The van der Waals surface area contributed by atoms with E-state index in [2.05, 4.69) is 36.7 Å². The normalized spacial score (nSPS) is 23.9. The number of hydrogen-bond acceptors (Lipinski definition) is 3. The predicted octanol–water partition coefficient (Wildman–Crippen LogP) is 3.20. The lowest BCUT2D eigenvalue weighted by atomic mass is 9.84. The van der Waals surface area contributed by atoms with Crippen molar-refractivity contribution in [3.63, 3.8) is 0 Å². The van der Waals surface area contributed by atoms with Crippen molar-refractivity contribution in [2.24, 2.45) is 0 Å². The van der Waals surface area contributed by atoms with Crippen molar-refractivity contribution in [3.8, 4) is 0 Å². The molecule has 2 aliphatic heterocycles. The molecule has 0 radical (unpaired) electrons. The third kappa shape index (κ3) is 3.08. The first kappa shape index (κ1) is 18.2. The zero-order valence-electron chi connectivity index (χ0n) is 16.5. The van der Waals surface area contributed by atoms with Gasteiger partial charge < -0.3 is 9.88 Å². The fraction of sp³-hybridized carbons (Fsp3) is 0.545. The summed E-state index contributed by atoms with van der Waals surface area (Å²) in [5.74, 6) is 0.259. The summed E-state index contributed by atoms with van der Waals surface area (Å²) < 4.78 is 0. The van der Waals surface area contributed by atoms with E-state index >= 15 is 0 Å². The molecule has 0 saturated carbocycles. The second-order valence-corrected chi connectivity index (χ2v) is 8.47. The Kier molecular flexibility index (Phi) is 4.58. The van der Waals surface area contributed by atoms with Gasteiger partial charge in [0.1, 0.15) is 5.54 Å². The van der Waals surface area contributed by atoms with Crippen molar-refractivity contribution in [2.75, 3.05) is 13.1 Å². The maximum absolute atomic E-state index is 13.3. The van der Waals surface area contributed by atoms with Crippen LogP contribution in [0.25, 0.3) is 10.9 Å². The van der Waals surface area contributed by atoms with Gasteiger partial charge in [0.25, 0.3) is 5.56 Å². The van der Waals surface area contributed by atoms with Crippen LogP contribution in [0.4, 0.5) is 0 Å². The lowest BCUT2D eigenvalue weighted by molar-refractivity contribution is -0.149. The van der Waals surface area contributed by atoms with Crippen LogP contribution < -0.4 is 5.56 Å². The highest BCUT2D eigenvalue weighted by Gasteiger charge is 2.51. The van der Waals surface area contributed by atoms with Crippen LogP contribution in [-0.2, 0) is 11.3 Å². The molecule has 2 aromatic rings. The molecule has 1 aromatic carbocycles. The van der Waals surface area contributed by atoms with Gasteiger partial charge in [0.15, 0.2) is 0 Å². The van der Waals surface area contributed by atoms with E-state index < -0.39 is 5.54 Å². The van der Waals surface area contributed by atoms with Gasteiger partial charge in [-0.1, -0.05) is 11.6 Å². The van der Waals surface area contributed by atoms with Crippen LogP contribution in [0.5, 0.6) is 0 Å². The quantitative estimate of drug-likeness (QED) is 0.906. The van der Waals surface area contributed by atoms with Crippen LogP contribution in [0.2, 0.25) is 0 Å². The summed E-state index contributed by atoms with van der Waals surface area (Å²) in [6.45, 7) is 8.50. The Labute approximate surface area is 160 Å². The highest BCUT2D eigenvalue weighted by molar-refractivity contribution is 5.88. The number of aromatic amines is 1. The summed E-state index contributed by atoms with van der Waals surface area (Å²) in [6, 6.07) is 8.29. The molecule has 3 heterocycles. The number of likely N-dealkylation sites (tertiary alicyclic amines) is 2. The van der Waals surface area contributed by atoms with E-state index in [-0.39, 0.29) is 17.5 Å². The first-order chi connectivity index (χ1) is 12.9. The van der Waals surface area contributed by atoms with Crippen molar-refractivity contribution < 1.29 is 4.79 Å². The number of carbonyl (C=O) groups is 1. The van der Waals surface area contributed by atoms with E-state index in [9.17, 15) is 9.59 Å². The predicted molar refractivity (Wildman–Crippen MR) is 108 cm³/mol. The number of aromatic nitrogens is 1. The number of piperidine rings is 1. The SMILES string of the molecule is Cc1ccc2[nH]c(=O)c(CN3CCCC34CCCN(C(C)C)C4=O)cc2c1. The fourth-order valence-electron chi connectivity index (χ4n) is 4.89. The standard InChI is InChI=1S/C22H29N3O2/c1-15(2)25-11-5-9-22(21(25)27)8-4-10-24(22)14-18-13-17-12-16(3)6-7-19(17)23-20(18)26/h6-7,12-13,15H,4-5,8-11,14H2,1-3H3,(H,23,26). The Hall–Kier alpha value is -2.14. The molecule has 4 rings (SSSR count). The summed E-state index contributed by atoms with van der Waals surface area (Å²) >= 11 is 0. The number of amides is 1. The molecule has 5 nitrogen and oxygen atoms in total. The number of nitrogens with zero attached hydrogens (tertiary/aromatic N) is 2. The molecule has 0 aliphatic carbocycles. The van der Waals surface area contributed by atoms with E-state index in [0.717, 1.165) is 55.2 Å². The molecular formula is C22H29N3O2. The number of fused-ring (bicyclic) bond motifs is 1. The smallest absolute Gasteiger partial charge is 0.252 e. The maximum Gasteiger partial charge on any atom is 0.252 e. The second-order valence-electron chi connectivity index (χ2n) is 8.47. The molecule has 1 spiro atoms.